The van der Waals surface area contributed by atoms with Crippen molar-refractivity contribution in [1.82, 2.24) is 20.8 Å². The zero-order chi connectivity index (χ0) is 15.9. The summed E-state index contributed by atoms with van der Waals surface area (Å²) in [4.78, 5) is 26.2. The summed E-state index contributed by atoms with van der Waals surface area (Å²) in [7, 11) is 0. The molecule has 116 valence electrons. The Bertz CT molecular complexity index is 641. The Morgan fingerprint density at radius 2 is 2.05 bits per heavy atom. The Kier molecular flexibility index (Phi) is 5.07. The number of carboxylic acid groups (broad SMARTS) is 1. The fourth-order valence-electron chi connectivity index (χ4n) is 1.70. The van der Waals surface area contributed by atoms with Gasteiger partial charge in [0.25, 0.3) is 5.89 Å². The number of hydrogen-bond donors (Lipinski definition) is 3. The minimum Gasteiger partial charge on any atom is -0.481 e. The van der Waals surface area contributed by atoms with E-state index in [1.54, 1.807) is 6.92 Å². The first-order chi connectivity index (χ1) is 10.6. The van der Waals surface area contributed by atoms with E-state index < -0.39 is 18.0 Å². The third-order valence-corrected chi connectivity index (χ3v) is 2.82. The van der Waals surface area contributed by atoms with Gasteiger partial charge in [-0.15, -0.1) is 0 Å². The monoisotopic (exact) mass is 304 g/mol. The zero-order valence-electron chi connectivity index (χ0n) is 11.9. The van der Waals surface area contributed by atoms with Crippen molar-refractivity contribution < 1.29 is 19.2 Å². The second-order valence-corrected chi connectivity index (χ2v) is 4.59. The van der Waals surface area contributed by atoms with Crippen molar-refractivity contribution in [2.75, 3.05) is 6.54 Å². The molecule has 0 bridgehead atoms. The van der Waals surface area contributed by atoms with Crippen molar-refractivity contribution in [2.24, 2.45) is 0 Å². The second kappa shape index (κ2) is 7.21. The molecule has 0 aliphatic carbocycles. The van der Waals surface area contributed by atoms with Crippen LogP contribution in [0.25, 0.3) is 11.5 Å². The highest BCUT2D eigenvalue weighted by Crippen LogP contribution is 2.18. The van der Waals surface area contributed by atoms with E-state index in [4.69, 9.17) is 9.63 Å². The van der Waals surface area contributed by atoms with Crippen molar-refractivity contribution in [2.45, 2.75) is 19.4 Å². The van der Waals surface area contributed by atoms with Crippen LogP contribution >= 0.6 is 0 Å². The minimum absolute atomic E-state index is 0.0510. The van der Waals surface area contributed by atoms with Crippen LogP contribution in [-0.4, -0.2) is 33.8 Å². The lowest BCUT2D eigenvalue weighted by molar-refractivity contribution is -0.136. The average molecular weight is 304 g/mol. The number of carboxylic acids is 1. The fraction of sp³-hybridized carbons (Fsp3) is 0.286. The molecule has 8 nitrogen and oxygen atoms in total. The standard InChI is InChI=1S/C14H16N4O4/c1-9(16-14(21)15-8-7-11(19)20)12-17-13(22-18-12)10-5-3-2-4-6-10/h2-6,9H,7-8H2,1H3,(H,19,20)(H2,15,16,21). The summed E-state index contributed by atoms with van der Waals surface area (Å²) < 4.78 is 5.16. The Balaban J connectivity index is 1.90. The van der Waals surface area contributed by atoms with E-state index in [9.17, 15) is 9.59 Å². The summed E-state index contributed by atoms with van der Waals surface area (Å²) in [6.07, 6.45) is -0.137. The number of hydrogen-bond acceptors (Lipinski definition) is 5. The molecule has 1 atom stereocenters. The van der Waals surface area contributed by atoms with Crippen molar-refractivity contribution in [3.05, 3.63) is 36.2 Å². The lowest BCUT2D eigenvalue weighted by Gasteiger charge is -2.10. The molecule has 0 fully saturated rings. The molecule has 1 aromatic carbocycles. The number of nitrogens with zero attached hydrogens (tertiary/aromatic N) is 2. The molecule has 0 radical (unpaired) electrons. The van der Waals surface area contributed by atoms with E-state index in [1.807, 2.05) is 30.3 Å². The van der Waals surface area contributed by atoms with E-state index in [2.05, 4.69) is 20.8 Å². The first-order valence-corrected chi connectivity index (χ1v) is 6.71. The Morgan fingerprint density at radius 1 is 1.32 bits per heavy atom. The van der Waals surface area contributed by atoms with E-state index in [0.29, 0.717) is 11.7 Å². The van der Waals surface area contributed by atoms with Crippen molar-refractivity contribution in [3.63, 3.8) is 0 Å². The number of aromatic nitrogens is 2. The van der Waals surface area contributed by atoms with Gasteiger partial charge in [-0.05, 0) is 19.1 Å². The molecule has 0 aliphatic heterocycles. The lowest BCUT2D eigenvalue weighted by Crippen LogP contribution is -2.38. The van der Waals surface area contributed by atoms with Crippen molar-refractivity contribution in [3.8, 4) is 11.5 Å². The number of rotatable bonds is 6. The molecular weight excluding hydrogens is 288 g/mol. The van der Waals surface area contributed by atoms with Gasteiger partial charge < -0.3 is 20.3 Å². The summed E-state index contributed by atoms with van der Waals surface area (Å²) in [6.45, 7) is 1.76. The highest BCUT2D eigenvalue weighted by Gasteiger charge is 2.16. The van der Waals surface area contributed by atoms with Crippen LogP contribution in [0.5, 0.6) is 0 Å². The zero-order valence-corrected chi connectivity index (χ0v) is 11.9. The normalized spacial score (nSPS) is 11.7. The maximum absolute atomic E-state index is 11.6. The van der Waals surface area contributed by atoms with Crippen LogP contribution in [0.3, 0.4) is 0 Å². The van der Waals surface area contributed by atoms with Gasteiger partial charge in [-0.3, -0.25) is 4.79 Å². The molecule has 0 saturated carbocycles. The number of carbonyl (C=O) groups excluding carboxylic acids is 1. The molecule has 2 rings (SSSR count). The van der Waals surface area contributed by atoms with Crippen molar-refractivity contribution >= 4 is 12.0 Å². The molecule has 1 unspecified atom stereocenters. The molecule has 0 aliphatic rings. The first kappa shape index (κ1) is 15.5. The van der Waals surface area contributed by atoms with Gasteiger partial charge in [0.1, 0.15) is 0 Å². The highest BCUT2D eigenvalue weighted by atomic mass is 16.5. The molecule has 2 aromatic rings. The van der Waals surface area contributed by atoms with Crippen LogP contribution in [0.4, 0.5) is 4.79 Å². The Labute approximate surface area is 126 Å². The number of aliphatic carboxylic acids is 1. The van der Waals surface area contributed by atoms with Gasteiger partial charge >= 0.3 is 12.0 Å². The van der Waals surface area contributed by atoms with Crippen LogP contribution < -0.4 is 10.6 Å². The predicted octanol–water partition coefficient (Wildman–Crippen LogP) is 1.57. The molecule has 22 heavy (non-hydrogen) atoms. The predicted molar refractivity (Wildman–Crippen MR) is 76.9 cm³/mol. The molecule has 1 heterocycles. The van der Waals surface area contributed by atoms with E-state index in [1.165, 1.54) is 0 Å². The van der Waals surface area contributed by atoms with E-state index >= 15 is 0 Å². The third kappa shape index (κ3) is 4.30. The maximum atomic E-state index is 11.6. The van der Waals surface area contributed by atoms with Gasteiger partial charge in [-0.2, -0.15) is 4.98 Å². The van der Waals surface area contributed by atoms with E-state index in [0.717, 1.165) is 5.56 Å². The number of urea groups is 1. The summed E-state index contributed by atoms with van der Waals surface area (Å²) in [6, 6.07) is 8.33. The number of amides is 2. The highest BCUT2D eigenvalue weighted by molar-refractivity contribution is 5.75. The molecule has 3 N–H and O–H groups in total. The SMILES string of the molecule is CC(NC(=O)NCCC(=O)O)c1noc(-c2ccccc2)n1. The van der Waals surface area contributed by atoms with Gasteiger partial charge in [0.15, 0.2) is 5.82 Å². The van der Waals surface area contributed by atoms with Crippen LogP contribution in [0, 0.1) is 0 Å². The summed E-state index contributed by atoms with van der Waals surface area (Å²) in [5.74, 6) is -0.262. The quantitative estimate of drug-likeness (QED) is 0.745. The second-order valence-electron chi connectivity index (χ2n) is 4.59. The van der Waals surface area contributed by atoms with Gasteiger partial charge in [-0.25, -0.2) is 4.79 Å². The summed E-state index contributed by atoms with van der Waals surface area (Å²) >= 11 is 0. The fourth-order valence-corrected chi connectivity index (χ4v) is 1.70. The Hall–Kier alpha value is -2.90. The van der Waals surface area contributed by atoms with Gasteiger partial charge in [0.05, 0.1) is 12.5 Å². The molecule has 2 amide bonds. The van der Waals surface area contributed by atoms with E-state index in [-0.39, 0.29) is 13.0 Å². The number of benzene rings is 1. The topological polar surface area (TPSA) is 117 Å². The van der Waals surface area contributed by atoms with Gasteiger partial charge in [-0.1, -0.05) is 23.4 Å². The smallest absolute Gasteiger partial charge is 0.315 e. The number of carbonyl (C=O) groups is 2. The Morgan fingerprint density at radius 3 is 2.73 bits per heavy atom. The van der Waals surface area contributed by atoms with Crippen LogP contribution in [0.2, 0.25) is 0 Å². The largest absolute Gasteiger partial charge is 0.481 e. The molecule has 1 aromatic heterocycles. The van der Waals surface area contributed by atoms with Gasteiger partial charge in [0, 0.05) is 12.1 Å². The lowest BCUT2D eigenvalue weighted by atomic mass is 10.2. The molecule has 0 saturated heterocycles. The average Bonchev–Trinajstić information content (AvgIpc) is 2.97. The third-order valence-electron chi connectivity index (χ3n) is 2.82. The molecular formula is C14H16N4O4. The van der Waals surface area contributed by atoms with Crippen LogP contribution in [0.1, 0.15) is 25.2 Å². The van der Waals surface area contributed by atoms with Crippen LogP contribution in [-0.2, 0) is 4.79 Å². The van der Waals surface area contributed by atoms with Crippen LogP contribution in [0.15, 0.2) is 34.9 Å². The van der Waals surface area contributed by atoms with Crippen molar-refractivity contribution in [1.29, 1.82) is 0 Å². The summed E-state index contributed by atoms with van der Waals surface area (Å²) in [5, 5.41) is 17.4. The minimum atomic E-state index is -0.973. The molecule has 0 spiro atoms. The number of nitrogens with one attached hydrogen (secondary N) is 2. The summed E-state index contributed by atoms with van der Waals surface area (Å²) in [5.41, 5.74) is 0.791. The molecule has 8 heteroatoms. The first-order valence-electron chi connectivity index (χ1n) is 6.71. The van der Waals surface area contributed by atoms with Gasteiger partial charge in [0.2, 0.25) is 0 Å². The maximum Gasteiger partial charge on any atom is 0.315 e.